The van der Waals surface area contributed by atoms with Crippen molar-refractivity contribution in [1.82, 2.24) is 20.0 Å². The van der Waals surface area contributed by atoms with Crippen LogP contribution >= 0.6 is 11.3 Å². The average molecular weight is 503 g/mol. The van der Waals surface area contributed by atoms with Gasteiger partial charge in [0, 0.05) is 34.1 Å². The maximum absolute atomic E-state index is 9.91. The lowest BCUT2D eigenvalue weighted by atomic mass is 9.62. The third-order valence-electron chi connectivity index (χ3n) is 9.25. The normalized spacial score (nSPS) is 30.5. The van der Waals surface area contributed by atoms with Crippen LogP contribution in [0.2, 0.25) is 0 Å². The number of ether oxygens (including phenoxy) is 1. The molecule has 9 heteroatoms. The second-order valence-electron chi connectivity index (χ2n) is 11.0. The van der Waals surface area contributed by atoms with Crippen molar-refractivity contribution in [2.75, 3.05) is 19.4 Å². The van der Waals surface area contributed by atoms with Crippen molar-refractivity contribution in [3.05, 3.63) is 39.5 Å². The molecule has 0 amide bonds. The Balaban J connectivity index is 1.19. The number of piperidine rings is 1. The number of likely N-dealkylation sites (N-methyl/N-ethyl adjacent to an activating group) is 1. The summed E-state index contributed by atoms with van der Waals surface area (Å²) in [5, 5.41) is 15.2. The number of hydrogen-bond donors (Lipinski definition) is 1. The van der Waals surface area contributed by atoms with E-state index in [1.165, 1.54) is 11.3 Å². The zero-order valence-electron chi connectivity index (χ0n) is 20.7. The van der Waals surface area contributed by atoms with Crippen LogP contribution < -0.4 is 10.5 Å². The first-order valence-corrected chi connectivity index (χ1v) is 13.8. The van der Waals surface area contributed by atoms with Gasteiger partial charge in [0.25, 0.3) is 0 Å². The molecule has 8 nitrogen and oxygen atoms in total. The number of fused-ring (bicyclic) bond motifs is 5. The van der Waals surface area contributed by atoms with E-state index in [9.17, 15) is 5.26 Å². The van der Waals surface area contributed by atoms with Gasteiger partial charge in [0.05, 0.1) is 11.3 Å². The van der Waals surface area contributed by atoms with Gasteiger partial charge in [-0.15, -0.1) is 11.3 Å². The first-order valence-electron chi connectivity index (χ1n) is 13.0. The van der Waals surface area contributed by atoms with Gasteiger partial charge in [-0.3, -0.25) is 4.90 Å². The van der Waals surface area contributed by atoms with E-state index in [1.54, 1.807) is 17.5 Å². The Kier molecular flexibility index (Phi) is 4.96. The first-order chi connectivity index (χ1) is 17.5. The lowest BCUT2D eigenvalue weighted by Gasteiger charge is -2.39. The summed E-state index contributed by atoms with van der Waals surface area (Å²) in [7, 11) is 2.20. The van der Waals surface area contributed by atoms with E-state index in [4.69, 9.17) is 20.0 Å². The second-order valence-corrected chi connectivity index (χ2v) is 12.1. The number of nitrogens with zero attached hydrogens (tertiary/aromatic N) is 5. The molecule has 1 saturated carbocycles. The summed E-state index contributed by atoms with van der Waals surface area (Å²) in [5.41, 5.74) is 10.4. The van der Waals surface area contributed by atoms with E-state index in [0.29, 0.717) is 46.7 Å². The number of aryl methyl sites for hydroxylation is 1. The quantitative estimate of drug-likeness (QED) is 0.561. The fourth-order valence-corrected chi connectivity index (χ4v) is 8.58. The molecule has 3 aliphatic carbocycles. The van der Waals surface area contributed by atoms with Crippen LogP contribution in [0.1, 0.15) is 66.3 Å². The molecule has 3 aromatic rings. The highest BCUT2D eigenvalue weighted by Gasteiger charge is 2.56. The number of likely N-dealkylation sites (tertiary alicyclic amines) is 1. The van der Waals surface area contributed by atoms with Crippen LogP contribution in [0.25, 0.3) is 11.5 Å². The SMILES string of the molecule is C[C@H]1[C@H]2C[C@@H](COc3nccc(-c4onc5c4CCC[C@@]54CCCc5sc(N)c(C#N)c54)n3)N(C)[C@@H]12. The number of nitrogens with two attached hydrogens (primary N) is 1. The first kappa shape index (κ1) is 22.3. The Morgan fingerprint density at radius 1 is 1.33 bits per heavy atom. The van der Waals surface area contributed by atoms with Crippen molar-refractivity contribution < 1.29 is 9.26 Å². The molecule has 1 saturated heterocycles. The van der Waals surface area contributed by atoms with Crippen LogP contribution in [0.15, 0.2) is 16.8 Å². The van der Waals surface area contributed by atoms with Crippen LogP contribution in [0, 0.1) is 23.2 Å². The summed E-state index contributed by atoms with van der Waals surface area (Å²) >= 11 is 1.56. The lowest BCUT2D eigenvalue weighted by Crippen LogP contribution is -2.36. The minimum absolute atomic E-state index is 0.306. The van der Waals surface area contributed by atoms with E-state index in [1.807, 2.05) is 6.07 Å². The third-order valence-corrected chi connectivity index (χ3v) is 10.3. The second kappa shape index (κ2) is 8.02. The molecule has 4 heterocycles. The molecule has 7 rings (SSSR count). The Morgan fingerprint density at radius 3 is 2.94 bits per heavy atom. The fraction of sp³-hybridized carbons (Fsp3) is 0.556. The van der Waals surface area contributed by atoms with Gasteiger partial charge in [0.15, 0.2) is 5.76 Å². The molecular formula is C27H30N6O2S. The van der Waals surface area contributed by atoms with E-state index in [2.05, 4.69) is 35.1 Å². The highest BCUT2D eigenvalue weighted by atomic mass is 32.1. The van der Waals surface area contributed by atoms with E-state index >= 15 is 0 Å². The van der Waals surface area contributed by atoms with E-state index < -0.39 is 0 Å². The molecule has 0 unspecified atom stereocenters. The minimum atomic E-state index is -0.306. The zero-order valence-corrected chi connectivity index (χ0v) is 21.5. The topological polar surface area (TPSA) is 114 Å². The summed E-state index contributed by atoms with van der Waals surface area (Å²) < 4.78 is 12.1. The molecule has 186 valence electrons. The fourth-order valence-electron chi connectivity index (χ4n) is 7.42. The Labute approximate surface area is 214 Å². The van der Waals surface area contributed by atoms with Crippen LogP contribution in [-0.2, 0) is 18.3 Å². The van der Waals surface area contributed by atoms with E-state index in [-0.39, 0.29) is 5.41 Å². The van der Waals surface area contributed by atoms with Crippen molar-refractivity contribution in [2.45, 2.75) is 69.4 Å². The summed E-state index contributed by atoms with van der Waals surface area (Å²) in [5.74, 6) is 2.31. The van der Waals surface area contributed by atoms with Crippen molar-refractivity contribution in [1.29, 1.82) is 5.26 Å². The number of aromatic nitrogens is 3. The van der Waals surface area contributed by atoms with Crippen LogP contribution in [0.4, 0.5) is 5.00 Å². The lowest BCUT2D eigenvalue weighted by molar-refractivity contribution is 0.160. The number of nitrogen functional groups attached to an aromatic ring is 1. The van der Waals surface area contributed by atoms with Gasteiger partial charge >= 0.3 is 6.01 Å². The molecule has 36 heavy (non-hydrogen) atoms. The van der Waals surface area contributed by atoms with Crippen molar-refractivity contribution >= 4 is 16.3 Å². The maximum atomic E-state index is 9.91. The summed E-state index contributed by atoms with van der Waals surface area (Å²) in [6.45, 7) is 2.93. The molecule has 0 aromatic carbocycles. The molecule has 4 aliphatic rings. The number of anilines is 1. The van der Waals surface area contributed by atoms with Gasteiger partial charge < -0.3 is 15.0 Å². The molecule has 0 radical (unpaired) electrons. The van der Waals surface area contributed by atoms with Crippen molar-refractivity contribution in [3.63, 3.8) is 0 Å². The average Bonchev–Trinajstić information content (AvgIpc) is 3.22. The predicted molar refractivity (Wildman–Crippen MR) is 136 cm³/mol. The van der Waals surface area contributed by atoms with Gasteiger partial charge in [-0.05, 0) is 75.5 Å². The molecule has 1 spiro atoms. The highest BCUT2D eigenvalue weighted by molar-refractivity contribution is 7.16. The van der Waals surface area contributed by atoms with Crippen molar-refractivity contribution in [2.24, 2.45) is 11.8 Å². The number of hydrogen-bond acceptors (Lipinski definition) is 9. The van der Waals surface area contributed by atoms with Crippen LogP contribution in [0.3, 0.4) is 0 Å². The van der Waals surface area contributed by atoms with E-state index in [0.717, 1.165) is 67.2 Å². The van der Waals surface area contributed by atoms with Gasteiger partial charge in [0.1, 0.15) is 23.4 Å². The third kappa shape index (κ3) is 3.10. The largest absolute Gasteiger partial charge is 0.462 e. The number of nitriles is 1. The Hall–Kier alpha value is -2.96. The zero-order chi connectivity index (χ0) is 24.6. The Morgan fingerprint density at radius 2 is 2.17 bits per heavy atom. The van der Waals surface area contributed by atoms with Gasteiger partial charge in [-0.2, -0.15) is 10.2 Å². The highest BCUT2D eigenvalue weighted by Crippen LogP contribution is 2.55. The standard InChI is InChI=1S/C27H30N6O2S/c1-14-17-11-15(33(2)22(14)17)13-34-26-30-10-7-19(31-26)23-16-5-3-8-27(24(16)32-35-23)9-4-6-20-21(27)18(12-28)25(29)36-20/h7,10,14-15,17,22H,3-6,8-9,11,13,29H2,1-2H3/t14-,15-,17+,22-,27-/m0/s1. The summed E-state index contributed by atoms with van der Waals surface area (Å²) in [4.78, 5) is 12.8. The predicted octanol–water partition coefficient (Wildman–Crippen LogP) is 4.32. The summed E-state index contributed by atoms with van der Waals surface area (Å²) in [6.07, 6.45) is 8.73. The molecule has 1 aliphatic heterocycles. The summed E-state index contributed by atoms with van der Waals surface area (Å²) in [6, 6.07) is 5.75. The Bertz CT molecular complexity index is 1390. The molecule has 3 aromatic heterocycles. The van der Waals surface area contributed by atoms with Crippen LogP contribution in [-0.4, -0.2) is 45.8 Å². The monoisotopic (exact) mass is 502 g/mol. The van der Waals surface area contributed by atoms with Gasteiger partial charge in [-0.25, -0.2) is 4.98 Å². The molecular weight excluding hydrogens is 472 g/mol. The van der Waals surface area contributed by atoms with Gasteiger partial charge in [0.2, 0.25) is 0 Å². The molecule has 0 bridgehead atoms. The van der Waals surface area contributed by atoms with Crippen molar-refractivity contribution in [3.8, 4) is 23.5 Å². The molecule has 2 fully saturated rings. The van der Waals surface area contributed by atoms with Crippen LogP contribution in [0.5, 0.6) is 6.01 Å². The maximum Gasteiger partial charge on any atom is 0.317 e. The number of thiophene rings is 1. The minimum Gasteiger partial charge on any atom is -0.462 e. The van der Waals surface area contributed by atoms with Gasteiger partial charge in [-0.1, -0.05) is 12.1 Å². The number of rotatable bonds is 4. The smallest absolute Gasteiger partial charge is 0.317 e. The molecule has 5 atom stereocenters. The molecule has 2 N–H and O–H groups in total.